The predicted molar refractivity (Wildman–Crippen MR) is 108 cm³/mol. The minimum absolute atomic E-state index is 0.154. The molecule has 0 spiro atoms. The summed E-state index contributed by atoms with van der Waals surface area (Å²) in [5.41, 5.74) is 3.28. The van der Waals surface area contributed by atoms with Crippen LogP contribution in [0.25, 0.3) is 0 Å². The molecule has 5 nitrogen and oxygen atoms in total. The number of halogens is 1. The summed E-state index contributed by atoms with van der Waals surface area (Å²) in [6.07, 6.45) is 1.28. The Morgan fingerprint density at radius 2 is 1.79 bits per heavy atom. The highest BCUT2D eigenvalue weighted by molar-refractivity contribution is 7.88. The van der Waals surface area contributed by atoms with E-state index < -0.39 is 21.8 Å². The molecule has 2 aromatic rings. The summed E-state index contributed by atoms with van der Waals surface area (Å²) in [6, 6.07) is 11.3. The van der Waals surface area contributed by atoms with Crippen molar-refractivity contribution >= 4 is 21.6 Å². The average molecular weight is 405 g/mol. The maximum absolute atomic E-state index is 13.0. The van der Waals surface area contributed by atoms with Crippen LogP contribution in [0.1, 0.15) is 29.5 Å². The highest BCUT2D eigenvalue weighted by Gasteiger charge is 2.32. The number of nitrogens with zero attached hydrogens (tertiary/aromatic N) is 1. The lowest BCUT2D eigenvalue weighted by molar-refractivity contribution is -0.120. The van der Waals surface area contributed by atoms with Crippen LogP contribution >= 0.6 is 0 Å². The molecule has 3 rings (SSSR count). The third-order valence-electron chi connectivity index (χ3n) is 5.14. The van der Waals surface area contributed by atoms with Crippen molar-refractivity contribution in [2.45, 2.75) is 32.4 Å². The van der Waals surface area contributed by atoms with Crippen LogP contribution in [-0.2, 0) is 20.6 Å². The van der Waals surface area contributed by atoms with Gasteiger partial charge in [0.05, 0.1) is 11.7 Å². The van der Waals surface area contributed by atoms with E-state index in [1.165, 1.54) is 28.6 Å². The molecule has 0 radical (unpaired) electrons. The van der Waals surface area contributed by atoms with Crippen molar-refractivity contribution in [3.05, 3.63) is 65.0 Å². The minimum atomic E-state index is -3.57. The summed E-state index contributed by atoms with van der Waals surface area (Å²) in [7, 11) is -3.57. The maximum atomic E-state index is 13.0. The van der Waals surface area contributed by atoms with E-state index in [9.17, 15) is 17.6 Å². The number of nitrogens with one attached hydrogen (secondary N) is 1. The van der Waals surface area contributed by atoms with Crippen LogP contribution in [0, 0.1) is 25.6 Å². The van der Waals surface area contributed by atoms with E-state index in [1.54, 1.807) is 0 Å². The van der Waals surface area contributed by atoms with Gasteiger partial charge < -0.3 is 5.32 Å². The number of amides is 1. The Bertz CT molecular complexity index is 938. The van der Waals surface area contributed by atoms with Crippen molar-refractivity contribution in [2.24, 2.45) is 5.92 Å². The van der Waals surface area contributed by atoms with Crippen LogP contribution in [0.2, 0.25) is 0 Å². The number of piperidine rings is 1. The van der Waals surface area contributed by atoms with Crippen LogP contribution in [0.4, 0.5) is 10.1 Å². The van der Waals surface area contributed by atoms with E-state index in [4.69, 9.17) is 0 Å². The van der Waals surface area contributed by atoms with Gasteiger partial charge in [0.1, 0.15) is 5.82 Å². The van der Waals surface area contributed by atoms with E-state index in [2.05, 4.69) is 5.32 Å². The van der Waals surface area contributed by atoms with Crippen molar-refractivity contribution in [1.82, 2.24) is 4.31 Å². The van der Waals surface area contributed by atoms with Gasteiger partial charge in [-0.3, -0.25) is 4.79 Å². The molecule has 0 bridgehead atoms. The zero-order valence-corrected chi connectivity index (χ0v) is 16.9. The van der Waals surface area contributed by atoms with Gasteiger partial charge in [0.15, 0.2) is 0 Å². The topological polar surface area (TPSA) is 66.5 Å². The summed E-state index contributed by atoms with van der Waals surface area (Å²) in [6.45, 7) is 4.43. The number of benzene rings is 2. The third kappa shape index (κ3) is 4.77. The molecule has 7 heteroatoms. The van der Waals surface area contributed by atoms with Crippen LogP contribution in [0.15, 0.2) is 42.5 Å². The number of sulfonamides is 1. The van der Waals surface area contributed by atoms with Gasteiger partial charge >= 0.3 is 0 Å². The van der Waals surface area contributed by atoms with Gasteiger partial charge in [0.2, 0.25) is 15.9 Å². The molecule has 1 aliphatic heterocycles. The number of hydrogen-bond donors (Lipinski definition) is 1. The number of rotatable bonds is 5. The summed E-state index contributed by atoms with van der Waals surface area (Å²) in [5, 5.41) is 2.97. The first kappa shape index (κ1) is 20.5. The molecule has 0 saturated carbocycles. The lowest BCUT2D eigenvalue weighted by Gasteiger charge is -2.31. The number of hydrogen-bond acceptors (Lipinski definition) is 3. The molecule has 150 valence electrons. The second-order valence-corrected chi connectivity index (χ2v) is 9.30. The molecule has 1 saturated heterocycles. The zero-order chi connectivity index (χ0) is 20.3. The number of carbonyl (C=O) groups is 1. The van der Waals surface area contributed by atoms with Crippen molar-refractivity contribution in [1.29, 1.82) is 0 Å². The minimum Gasteiger partial charge on any atom is -0.325 e. The predicted octanol–water partition coefficient (Wildman–Crippen LogP) is 3.62. The molecule has 0 aromatic heterocycles. The summed E-state index contributed by atoms with van der Waals surface area (Å²) in [5.74, 6) is -1.14. The highest BCUT2D eigenvalue weighted by Crippen LogP contribution is 2.25. The molecule has 0 aliphatic carbocycles. The number of aryl methyl sites for hydroxylation is 2. The van der Waals surface area contributed by atoms with Crippen LogP contribution in [0.3, 0.4) is 0 Å². The van der Waals surface area contributed by atoms with E-state index in [1.807, 2.05) is 32.0 Å². The molecule has 1 amide bonds. The first-order chi connectivity index (χ1) is 13.3. The number of carbonyl (C=O) groups excluding carboxylic acids is 1. The second kappa shape index (κ2) is 8.41. The fourth-order valence-electron chi connectivity index (χ4n) is 3.53. The molecule has 2 aromatic carbocycles. The molecule has 1 N–H and O–H groups in total. The van der Waals surface area contributed by atoms with Gasteiger partial charge in [-0.2, -0.15) is 0 Å². The van der Waals surface area contributed by atoms with Gasteiger partial charge in [0.25, 0.3) is 0 Å². The van der Waals surface area contributed by atoms with Gasteiger partial charge in [0, 0.05) is 18.8 Å². The number of anilines is 1. The van der Waals surface area contributed by atoms with Gasteiger partial charge in [-0.05, 0) is 55.5 Å². The Kier molecular flexibility index (Phi) is 6.15. The van der Waals surface area contributed by atoms with Crippen molar-refractivity contribution in [3.8, 4) is 0 Å². The Balaban J connectivity index is 1.69. The zero-order valence-electron chi connectivity index (χ0n) is 16.1. The molecule has 0 unspecified atom stereocenters. The van der Waals surface area contributed by atoms with Crippen LogP contribution in [0.5, 0.6) is 0 Å². The van der Waals surface area contributed by atoms with E-state index in [-0.39, 0.29) is 18.2 Å². The van der Waals surface area contributed by atoms with Gasteiger partial charge in [-0.25, -0.2) is 17.1 Å². The first-order valence-corrected chi connectivity index (χ1v) is 11.0. The standard InChI is InChI=1S/C21H25FN2O3S/c1-15-5-3-6-16(2)20(15)23-21(25)18-7-4-12-24(13-18)28(26,27)14-17-8-10-19(22)11-9-17/h3,5-6,8-11,18H,4,7,12-14H2,1-2H3,(H,23,25)/t18-/m1/s1. The normalized spacial score (nSPS) is 18.0. The van der Waals surface area contributed by atoms with Crippen molar-refractivity contribution < 1.29 is 17.6 Å². The first-order valence-electron chi connectivity index (χ1n) is 9.35. The second-order valence-electron chi connectivity index (χ2n) is 7.34. The highest BCUT2D eigenvalue weighted by atomic mass is 32.2. The van der Waals surface area contributed by atoms with E-state index in [0.29, 0.717) is 24.9 Å². The fourth-order valence-corrected chi connectivity index (χ4v) is 5.14. The quantitative estimate of drug-likeness (QED) is 0.828. The smallest absolute Gasteiger partial charge is 0.228 e. The molecule has 1 fully saturated rings. The molecule has 1 atom stereocenters. The van der Waals surface area contributed by atoms with Gasteiger partial charge in [-0.1, -0.05) is 30.3 Å². The largest absolute Gasteiger partial charge is 0.325 e. The Labute approximate surface area is 165 Å². The van der Waals surface area contributed by atoms with Crippen LogP contribution in [-0.4, -0.2) is 31.7 Å². The van der Waals surface area contributed by atoms with Crippen molar-refractivity contribution in [2.75, 3.05) is 18.4 Å². The van der Waals surface area contributed by atoms with E-state index in [0.717, 1.165) is 16.8 Å². The molecule has 1 aliphatic rings. The summed E-state index contributed by atoms with van der Waals surface area (Å²) in [4.78, 5) is 12.8. The average Bonchev–Trinajstić information content (AvgIpc) is 2.66. The number of para-hydroxylation sites is 1. The lowest BCUT2D eigenvalue weighted by Crippen LogP contribution is -2.44. The summed E-state index contributed by atoms with van der Waals surface area (Å²) < 4.78 is 40.0. The molecule has 1 heterocycles. The van der Waals surface area contributed by atoms with Gasteiger partial charge in [-0.15, -0.1) is 0 Å². The molecule has 28 heavy (non-hydrogen) atoms. The maximum Gasteiger partial charge on any atom is 0.228 e. The SMILES string of the molecule is Cc1cccc(C)c1NC(=O)[C@@H]1CCCN(S(=O)(=O)Cc2ccc(F)cc2)C1. The van der Waals surface area contributed by atoms with Crippen LogP contribution < -0.4 is 5.32 Å². The Morgan fingerprint density at radius 3 is 2.43 bits per heavy atom. The molecular weight excluding hydrogens is 379 g/mol. The monoisotopic (exact) mass is 404 g/mol. The van der Waals surface area contributed by atoms with Crippen molar-refractivity contribution in [3.63, 3.8) is 0 Å². The Hall–Kier alpha value is -2.25. The third-order valence-corrected chi connectivity index (χ3v) is 6.96. The van der Waals surface area contributed by atoms with E-state index >= 15 is 0 Å². The lowest BCUT2D eigenvalue weighted by atomic mass is 9.98. The summed E-state index contributed by atoms with van der Waals surface area (Å²) >= 11 is 0. The Morgan fingerprint density at radius 1 is 1.14 bits per heavy atom. The fraction of sp³-hybridized carbons (Fsp3) is 0.381. The molecular formula is C21H25FN2O3S.